The van der Waals surface area contributed by atoms with Crippen molar-refractivity contribution in [2.24, 2.45) is 11.7 Å². The number of hydrogen-bond donors (Lipinski definition) is 1. The van der Waals surface area contributed by atoms with Gasteiger partial charge in [0.15, 0.2) is 0 Å². The molecule has 0 spiro atoms. The summed E-state index contributed by atoms with van der Waals surface area (Å²) in [5.41, 5.74) is 5.57. The molecule has 8 heteroatoms. The summed E-state index contributed by atoms with van der Waals surface area (Å²) < 4.78 is 38.5. The Morgan fingerprint density at radius 1 is 1.44 bits per heavy atom. The van der Waals surface area contributed by atoms with Crippen LogP contribution in [-0.4, -0.2) is 34.9 Å². The number of amides is 1. The summed E-state index contributed by atoms with van der Waals surface area (Å²) in [7, 11) is 0. The van der Waals surface area contributed by atoms with Gasteiger partial charge in [0, 0.05) is 23.5 Å². The highest BCUT2D eigenvalue weighted by Gasteiger charge is 2.33. The van der Waals surface area contributed by atoms with Crippen molar-refractivity contribution in [3.8, 4) is 10.6 Å². The lowest BCUT2D eigenvalue weighted by atomic mass is 10.1. The first-order chi connectivity index (χ1) is 11.8. The number of hydrogen-bond acceptors (Lipinski definition) is 4. The van der Waals surface area contributed by atoms with Crippen LogP contribution in [0.15, 0.2) is 29.6 Å². The molecule has 1 fully saturated rings. The van der Waals surface area contributed by atoms with Gasteiger partial charge in [-0.25, -0.2) is 4.98 Å². The highest BCUT2D eigenvalue weighted by Crippen LogP contribution is 2.33. The number of carbonyl (C=O) groups is 1. The van der Waals surface area contributed by atoms with E-state index in [1.807, 2.05) is 6.92 Å². The van der Waals surface area contributed by atoms with Crippen LogP contribution in [0.2, 0.25) is 0 Å². The van der Waals surface area contributed by atoms with E-state index < -0.39 is 11.7 Å². The third-order valence-corrected chi connectivity index (χ3v) is 5.31. The van der Waals surface area contributed by atoms with Gasteiger partial charge in [0.05, 0.1) is 5.56 Å². The lowest BCUT2D eigenvalue weighted by Crippen LogP contribution is -2.34. The number of carbonyl (C=O) groups excluding carboxylic acids is 1. The molecule has 2 N–H and O–H groups in total. The van der Waals surface area contributed by atoms with E-state index in [1.165, 1.54) is 17.4 Å². The molecule has 1 saturated heterocycles. The van der Waals surface area contributed by atoms with E-state index in [0.29, 0.717) is 23.7 Å². The topological polar surface area (TPSA) is 59.2 Å². The van der Waals surface area contributed by atoms with Crippen molar-refractivity contribution in [3.05, 3.63) is 40.9 Å². The van der Waals surface area contributed by atoms with E-state index in [1.54, 1.807) is 16.3 Å². The molecule has 2 atom stereocenters. The molecule has 2 unspecified atom stereocenters. The zero-order chi connectivity index (χ0) is 18.2. The zero-order valence-electron chi connectivity index (χ0n) is 13.6. The van der Waals surface area contributed by atoms with E-state index in [4.69, 9.17) is 5.73 Å². The summed E-state index contributed by atoms with van der Waals surface area (Å²) in [4.78, 5) is 18.6. The number of halogens is 3. The van der Waals surface area contributed by atoms with Gasteiger partial charge in [0.1, 0.15) is 10.7 Å². The summed E-state index contributed by atoms with van der Waals surface area (Å²) in [5, 5.41) is 2.00. The second-order valence-electron chi connectivity index (χ2n) is 6.26. The number of alkyl halides is 3. The third-order valence-electron chi connectivity index (χ3n) is 4.42. The van der Waals surface area contributed by atoms with Crippen molar-refractivity contribution < 1.29 is 18.0 Å². The van der Waals surface area contributed by atoms with Crippen molar-refractivity contribution in [1.29, 1.82) is 0 Å². The van der Waals surface area contributed by atoms with Gasteiger partial charge in [-0.15, -0.1) is 11.3 Å². The van der Waals surface area contributed by atoms with Gasteiger partial charge < -0.3 is 10.6 Å². The fraction of sp³-hybridized carbons (Fsp3) is 0.412. The average molecular weight is 369 g/mol. The molecule has 4 nitrogen and oxygen atoms in total. The molecule has 0 saturated carbocycles. The van der Waals surface area contributed by atoms with Crippen LogP contribution in [0.5, 0.6) is 0 Å². The first kappa shape index (κ1) is 17.9. The van der Waals surface area contributed by atoms with Gasteiger partial charge in [-0.1, -0.05) is 12.1 Å². The Morgan fingerprint density at radius 3 is 2.84 bits per heavy atom. The van der Waals surface area contributed by atoms with Crippen LogP contribution in [0.3, 0.4) is 0 Å². The highest BCUT2D eigenvalue weighted by molar-refractivity contribution is 7.13. The van der Waals surface area contributed by atoms with Crippen molar-refractivity contribution in [2.45, 2.75) is 25.6 Å². The third kappa shape index (κ3) is 3.69. The largest absolute Gasteiger partial charge is 0.416 e. The minimum Gasteiger partial charge on any atom is -0.334 e. The molecule has 1 aliphatic rings. The van der Waals surface area contributed by atoms with Crippen molar-refractivity contribution in [3.63, 3.8) is 0 Å². The number of likely N-dealkylation sites (tertiary alicyclic amines) is 1. The van der Waals surface area contributed by atoms with Crippen LogP contribution in [0.4, 0.5) is 13.2 Å². The second-order valence-corrected chi connectivity index (χ2v) is 7.12. The Kier molecular flexibility index (Phi) is 4.83. The van der Waals surface area contributed by atoms with Gasteiger partial charge in [0.2, 0.25) is 0 Å². The molecule has 2 aromatic rings. The van der Waals surface area contributed by atoms with Gasteiger partial charge in [-0.2, -0.15) is 13.2 Å². The first-order valence-electron chi connectivity index (χ1n) is 7.93. The molecular weight excluding hydrogens is 351 g/mol. The Morgan fingerprint density at radius 2 is 2.20 bits per heavy atom. The molecule has 0 aliphatic carbocycles. The summed E-state index contributed by atoms with van der Waals surface area (Å²) >= 11 is 1.17. The van der Waals surface area contributed by atoms with Crippen molar-refractivity contribution in [1.82, 2.24) is 9.88 Å². The molecular formula is C17H18F3N3OS. The van der Waals surface area contributed by atoms with E-state index in [9.17, 15) is 18.0 Å². The van der Waals surface area contributed by atoms with Crippen LogP contribution < -0.4 is 5.73 Å². The minimum absolute atomic E-state index is 0.0831. The van der Waals surface area contributed by atoms with Gasteiger partial charge in [-0.3, -0.25) is 4.79 Å². The Hall–Kier alpha value is -1.93. The summed E-state index contributed by atoms with van der Waals surface area (Å²) in [5.74, 6) is 0.0819. The predicted octanol–water partition coefficient (Wildman–Crippen LogP) is 3.64. The Labute approximate surface area is 147 Å². The molecule has 1 amide bonds. The van der Waals surface area contributed by atoms with Crippen LogP contribution in [0, 0.1) is 5.92 Å². The van der Waals surface area contributed by atoms with Crippen LogP contribution in [-0.2, 0) is 6.18 Å². The molecule has 1 aromatic carbocycles. The standard InChI is InChI=1S/C17H18F3N3OS/c1-10-5-11(7-21)8-23(10)16(24)14-9-25-15(22-14)12-3-2-4-13(6-12)17(18,19)20/h2-4,6,9-11H,5,7-8,21H2,1H3. The SMILES string of the molecule is CC1CC(CN)CN1C(=O)c1csc(-c2cccc(C(F)(F)F)c2)n1. The van der Waals surface area contributed by atoms with Gasteiger partial charge >= 0.3 is 6.18 Å². The van der Waals surface area contributed by atoms with E-state index in [-0.39, 0.29) is 23.6 Å². The van der Waals surface area contributed by atoms with Crippen LogP contribution in [0.25, 0.3) is 10.6 Å². The predicted molar refractivity (Wildman–Crippen MR) is 90.2 cm³/mol. The van der Waals surface area contributed by atoms with Crippen molar-refractivity contribution >= 4 is 17.2 Å². The second kappa shape index (κ2) is 6.76. The fourth-order valence-electron chi connectivity index (χ4n) is 3.08. The molecule has 25 heavy (non-hydrogen) atoms. The molecule has 134 valence electrons. The molecule has 0 bridgehead atoms. The molecule has 1 aliphatic heterocycles. The lowest BCUT2D eigenvalue weighted by molar-refractivity contribution is -0.137. The van der Waals surface area contributed by atoms with Crippen LogP contribution >= 0.6 is 11.3 Å². The smallest absolute Gasteiger partial charge is 0.334 e. The summed E-state index contributed by atoms with van der Waals surface area (Å²) in [6, 6.07) is 5.05. The maximum Gasteiger partial charge on any atom is 0.416 e. The summed E-state index contributed by atoms with van der Waals surface area (Å²) in [6.07, 6.45) is -3.55. The Balaban J connectivity index is 1.82. The summed E-state index contributed by atoms with van der Waals surface area (Å²) in [6.45, 7) is 3.08. The lowest BCUT2D eigenvalue weighted by Gasteiger charge is -2.20. The number of rotatable bonds is 3. The highest BCUT2D eigenvalue weighted by atomic mass is 32.1. The average Bonchev–Trinajstić information content (AvgIpc) is 3.20. The molecule has 3 rings (SSSR count). The van der Waals surface area contributed by atoms with Crippen molar-refractivity contribution in [2.75, 3.05) is 13.1 Å². The Bertz CT molecular complexity index is 774. The molecule has 1 aromatic heterocycles. The normalized spacial score (nSPS) is 20.9. The van der Waals surface area contributed by atoms with Gasteiger partial charge in [0.25, 0.3) is 5.91 Å². The first-order valence-corrected chi connectivity index (χ1v) is 8.81. The molecule has 0 radical (unpaired) electrons. The maximum absolute atomic E-state index is 12.8. The number of nitrogens with two attached hydrogens (primary N) is 1. The van der Waals surface area contributed by atoms with E-state index in [0.717, 1.165) is 18.6 Å². The number of benzene rings is 1. The maximum atomic E-state index is 12.8. The quantitative estimate of drug-likeness (QED) is 0.899. The monoisotopic (exact) mass is 369 g/mol. The van der Waals surface area contributed by atoms with Gasteiger partial charge in [-0.05, 0) is 37.9 Å². The molecule has 2 heterocycles. The number of aromatic nitrogens is 1. The van der Waals surface area contributed by atoms with E-state index >= 15 is 0 Å². The van der Waals surface area contributed by atoms with Crippen LogP contribution in [0.1, 0.15) is 29.4 Å². The number of thiazole rings is 1. The number of nitrogens with zero attached hydrogens (tertiary/aromatic N) is 2. The van der Waals surface area contributed by atoms with E-state index in [2.05, 4.69) is 4.98 Å². The zero-order valence-corrected chi connectivity index (χ0v) is 14.4. The fourth-order valence-corrected chi connectivity index (χ4v) is 3.87. The minimum atomic E-state index is -4.41.